The standard InChI is InChI=1S/C8H13ClN2O3/c1-11-6(5(9)4-10-11)7(12)8(13-2)14-3/h4,7-8,12H,1-3H3. The number of hydrogen-bond acceptors (Lipinski definition) is 4. The summed E-state index contributed by atoms with van der Waals surface area (Å²) in [5, 5.41) is 14.1. The maximum Gasteiger partial charge on any atom is 0.188 e. The van der Waals surface area contributed by atoms with Crippen LogP contribution in [0.3, 0.4) is 0 Å². The molecule has 5 nitrogen and oxygen atoms in total. The molecular formula is C8H13ClN2O3. The number of aliphatic hydroxyl groups is 1. The number of aryl methyl sites for hydroxylation is 1. The van der Waals surface area contributed by atoms with Gasteiger partial charge in [0.05, 0.1) is 16.9 Å². The molecule has 1 aromatic heterocycles. The van der Waals surface area contributed by atoms with Gasteiger partial charge in [-0.1, -0.05) is 11.6 Å². The SMILES string of the molecule is COC(OC)C(O)c1c(Cl)cnn1C. The lowest BCUT2D eigenvalue weighted by atomic mass is 10.2. The van der Waals surface area contributed by atoms with E-state index < -0.39 is 12.4 Å². The summed E-state index contributed by atoms with van der Waals surface area (Å²) >= 11 is 5.84. The number of halogens is 1. The molecule has 0 aliphatic carbocycles. The van der Waals surface area contributed by atoms with Gasteiger partial charge in [0, 0.05) is 21.3 Å². The minimum atomic E-state index is -0.954. The van der Waals surface area contributed by atoms with E-state index in [1.165, 1.54) is 25.1 Å². The fourth-order valence-electron chi connectivity index (χ4n) is 1.24. The Labute approximate surface area is 87.2 Å². The highest BCUT2D eigenvalue weighted by molar-refractivity contribution is 6.31. The molecule has 0 aliphatic rings. The van der Waals surface area contributed by atoms with Crippen LogP contribution in [0.15, 0.2) is 6.20 Å². The first-order chi connectivity index (χ1) is 6.61. The molecule has 0 fully saturated rings. The van der Waals surface area contributed by atoms with Crippen LogP contribution in [0.5, 0.6) is 0 Å². The van der Waals surface area contributed by atoms with Gasteiger partial charge in [-0.15, -0.1) is 0 Å². The van der Waals surface area contributed by atoms with Crippen molar-refractivity contribution in [3.63, 3.8) is 0 Å². The predicted octanol–water partition coefficient (Wildman–Crippen LogP) is 0.726. The molecule has 1 unspecified atom stereocenters. The van der Waals surface area contributed by atoms with Crippen LogP contribution in [-0.2, 0) is 16.5 Å². The van der Waals surface area contributed by atoms with Gasteiger partial charge in [-0.2, -0.15) is 5.10 Å². The molecule has 1 N–H and O–H groups in total. The summed E-state index contributed by atoms with van der Waals surface area (Å²) in [5.41, 5.74) is 0.473. The Hall–Kier alpha value is -0.620. The molecule has 1 rings (SSSR count). The molecule has 1 atom stereocenters. The Morgan fingerprint density at radius 3 is 2.43 bits per heavy atom. The quantitative estimate of drug-likeness (QED) is 0.760. The number of nitrogens with zero attached hydrogens (tertiary/aromatic N) is 2. The summed E-state index contributed by atoms with van der Waals surface area (Å²) in [5.74, 6) is 0. The fraction of sp³-hybridized carbons (Fsp3) is 0.625. The third-order valence-electron chi connectivity index (χ3n) is 1.94. The number of methoxy groups -OCH3 is 2. The van der Waals surface area contributed by atoms with Gasteiger partial charge in [0.15, 0.2) is 6.29 Å². The highest BCUT2D eigenvalue weighted by Gasteiger charge is 2.25. The average Bonchev–Trinajstić information content (AvgIpc) is 2.48. The van der Waals surface area contributed by atoms with Crippen LogP contribution in [0, 0.1) is 0 Å². The maximum atomic E-state index is 9.84. The molecule has 80 valence electrons. The van der Waals surface area contributed by atoms with Crippen molar-refractivity contribution in [3.05, 3.63) is 16.9 Å². The first-order valence-electron chi connectivity index (χ1n) is 4.02. The zero-order valence-electron chi connectivity index (χ0n) is 8.27. The molecule has 0 saturated heterocycles. The Kier molecular flexibility index (Phi) is 3.88. The summed E-state index contributed by atoms with van der Waals surface area (Å²) in [4.78, 5) is 0. The van der Waals surface area contributed by atoms with Crippen molar-refractivity contribution >= 4 is 11.6 Å². The van der Waals surface area contributed by atoms with Gasteiger partial charge < -0.3 is 14.6 Å². The third-order valence-corrected chi connectivity index (χ3v) is 2.23. The minimum absolute atomic E-state index is 0.388. The van der Waals surface area contributed by atoms with Crippen LogP contribution in [0.4, 0.5) is 0 Å². The van der Waals surface area contributed by atoms with Crippen molar-refractivity contribution in [2.45, 2.75) is 12.4 Å². The highest BCUT2D eigenvalue weighted by atomic mass is 35.5. The van der Waals surface area contributed by atoms with Gasteiger partial charge in [0.25, 0.3) is 0 Å². The first-order valence-corrected chi connectivity index (χ1v) is 4.40. The summed E-state index contributed by atoms with van der Waals surface area (Å²) < 4.78 is 11.3. The van der Waals surface area contributed by atoms with Gasteiger partial charge in [0.2, 0.25) is 0 Å². The molecular weight excluding hydrogens is 208 g/mol. The van der Waals surface area contributed by atoms with Crippen LogP contribution >= 0.6 is 11.6 Å². The molecule has 14 heavy (non-hydrogen) atoms. The van der Waals surface area contributed by atoms with Gasteiger partial charge in [0.1, 0.15) is 6.10 Å². The smallest absolute Gasteiger partial charge is 0.188 e. The lowest BCUT2D eigenvalue weighted by molar-refractivity contribution is -0.168. The summed E-state index contributed by atoms with van der Waals surface area (Å²) in [6, 6.07) is 0. The Morgan fingerprint density at radius 1 is 1.50 bits per heavy atom. The van der Waals surface area contributed by atoms with Crippen LogP contribution in [0.2, 0.25) is 5.02 Å². The highest BCUT2D eigenvalue weighted by Crippen LogP contribution is 2.25. The Bertz CT molecular complexity index is 279. The van der Waals surface area contributed by atoms with Gasteiger partial charge >= 0.3 is 0 Å². The molecule has 0 aliphatic heterocycles. The van der Waals surface area contributed by atoms with Crippen molar-refractivity contribution < 1.29 is 14.6 Å². The van der Waals surface area contributed by atoms with Crippen molar-refractivity contribution in [3.8, 4) is 0 Å². The number of ether oxygens (including phenoxy) is 2. The van der Waals surface area contributed by atoms with E-state index in [9.17, 15) is 5.11 Å². The third kappa shape index (κ3) is 2.06. The predicted molar refractivity (Wildman–Crippen MR) is 51.0 cm³/mol. The molecule has 0 bridgehead atoms. The minimum Gasteiger partial charge on any atom is -0.381 e. The van der Waals surface area contributed by atoms with Crippen molar-refractivity contribution in [1.29, 1.82) is 0 Å². The van der Waals surface area contributed by atoms with E-state index in [0.29, 0.717) is 10.7 Å². The van der Waals surface area contributed by atoms with E-state index in [2.05, 4.69) is 5.10 Å². The zero-order valence-corrected chi connectivity index (χ0v) is 9.02. The zero-order chi connectivity index (χ0) is 10.7. The normalized spacial score (nSPS) is 13.6. The largest absolute Gasteiger partial charge is 0.381 e. The maximum absolute atomic E-state index is 9.84. The van der Waals surface area contributed by atoms with E-state index in [0.717, 1.165) is 0 Å². The number of aliphatic hydroxyl groups excluding tert-OH is 1. The van der Waals surface area contributed by atoms with Gasteiger partial charge in [-0.05, 0) is 0 Å². The van der Waals surface area contributed by atoms with Crippen molar-refractivity contribution in [2.75, 3.05) is 14.2 Å². The van der Waals surface area contributed by atoms with E-state index in [1.54, 1.807) is 7.05 Å². The molecule has 6 heteroatoms. The molecule has 1 aromatic rings. The van der Waals surface area contributed by atoms with E-state index >= 15 is 0 Å². The lowest BCUT2D eigenvalue weighted by Crippen LogP contribution is -2.24. The van der Waals surface area contributed by atoms with Crippen LogP contribution in [-0.4, -0.2) is 35.4 Å². The van der Waals surface area contributed by atoms with Crippen LogP contribution in [0.25, 0.3) is 0 Å². The lowest BCUT2D eigenvalue weighted by Gasteiger charge is -2.20. The number of rotatable bonds is 4. The van der Waals surface area contributed by atoms with Gasteiger partial charge in [-0.25, -0.2) is 0 Å². The van der Waals surface area contributed by atoms with Crippen LogP contribution < -0.4 is 0 Å². The van der Waals surface area contributed by atoms with Crippen LogP contribution in [0.1, 0.15) is 11.8 Å². The summed E-state index contributed by atoms with van der Waals surface area (Å²) in [6.07, 6.45) is -0.240. The van der Waals surface area contributed by atoms with Crippen molar-refractivity contribution in [2.24, 2.45) is 7.05 Å². The summed E-state index contributed by atoms with van der Waals surface area (Å²) in [7, 11) is 4.58. The van der Waals surface area contributed by atoms with E-state index in [-0.39, 0.29) is 0 Å². The Balaban J connectivity index is 2.92. The van der Waals surface area contributed by atoms with E-state index in [1.807, 2.05) is 0 Å². The second-order valence-corrected chi connectivity index (χ2v) is 3.19. The molecule has 1 heterocycles. The topological polar surface area (TPSA) is 56.5 Å². The molecule has 0 amide bonds. The van der Waals surface area contributed by atoms with Gasteiger partial charge in [-0.3, -0.25) is 4.68 Å². The molecule has 0 radical (unpaired) electrons. The molecule has 0 spiro atoms. The molecule has 0 saturated carbocycles. The second kappa shape index (κ2) is 4.75. The second-order valence-electron chi connectivity index (χ2n) is 2.79. The number of hydrogen-bond donors (Lipinski definition) is 1. The first kappa shape index (κ1) is 11.5. The number of aromatic nitrogens is 2. The summed E-state index contributed by atoms with van der Waals surface area (Å²) in [6.45, 7) is 0. The molecule has 0 aromatic carbocycles. The van der Waals surface area contributed by atoms with Crippen molar-refractivity contribution in [1.82, 2.24) is 9.78 Å². The Morgan fingerprint density at radius 2 is 2.07 bits per heavy atom. The monoisotopic (exact) mass is 220 g/mol. The average molecular weight is 221 g/mol. The fourth-order valence-corrected chi connectivity index (χ4v) is 1.51. The van der Waals surface area contributed by atoms with E-state index in [4.69, 9.17) is 21.1 Å².